The molecule has 2 aromatic rings. The van der Waals surface area contributed by atoms with Gasteiger partial charge in [0.15, 0.2) is 11.8 Å². The number of aliphatic imine (C=N–C) groups is 1. The lowest BCUT2D eigenvalue weighted by Gasteiger charge is -2.26. The van der Waals surface area contributed by atoms with Crippen molar-refractivity contribution in [2.75, 3.05) is 13.1 Å². The van der Waals surface area contributed by atoms with Crippen LogP contribution in [0.1, 0.15) is 38.0 Å². The summed E-state index contributed by atoms with van der Waals surface area (Å²) in [6.07, 6.45) is 0. The summed E-state index contributed by atoms with van der Waals surface area (Å²) in [5.41, 5.74) is 0.708. The molecule has 0 saturated heterocycles. The van der Waals surface area contributed by atoms with Crippen molar-refractivity contribution in [3.63, 3.8) is 0 Å². The zero-order valence-electron chi connectivity index (χ0n) is 16.0. The first-order valence-corrected chi connectivity index (χ1v) is 8.46. The SMILES string of the molecule is CCNC(=NCc1nnc(C)n1C)NCC(C)(C)c1cccc(F)c1.I. The lowest BCUT2D eigenvalue weighted by molar-refractivity contribution is 0.503. The molecule has 0 aliphatic heterocycles. The van der Waals surface area contributed by atoms with Crippen LogP contribution in [0.15, 0.2) is 29.3 Å². The molecule has 0 bridgehead atoms. The number of hydrogen-bond donors (Lipinski definition) is 2. The van der Waals surface area contributed by atoms with Crippen molar-refractivity contribution in [2.45, 2.75) is 39.7 Å². The molecule has 0 unspecified atom stereocenters. The first kappa shape index (κ1) is 22.3. The largest absolute Gasteiger partial charge is 0.357 e. The van der Waals surface area contributed by atoms with Gasteiger partial charge >= 0.3 is 0 Å². The van der Waals surface area contributed by atoms with Gasteiger partial charge in [-0.3, -0.25) is 0 Å². The average Bonchev–Trinajstić information content (AvgIpc) is 2.89. The van der Waals surface area contributed by atoms with Gasteiger partial charge in [0.25, 0.3) is 0 Å². The van der Waals surface area contributed by atoms with E-state index in [1.54, 1.807) is 12.1 Å². The minimum absolute atomic E-state index is 0. The van der Waals surface area contributed by atoms with Crippen LogP contribution in [-0.4, -0.2) is 33.8 Å². The van der Waals surface area contributed by atoms with E-state index in [1.165, 1.54) is 6.07 Å². The summed E-state index contributed by atoms with van der Waals surface area (Å²) < 4.78 is 15.4. The van der Waals surface area contributed by atoms with E-state index < -0.39 is 0 Å². The second-order valence-corrected chi connectivity index (χ2v) is 6.67. The molecule has 0 amide bonds. The lowest BCUT2D eigenvalue weighted by Crippen LogP contribution is -2.43. The Morgan fingerprint density at radius 3 is 2.58 bits per heavy atom. The molecule has 1 aromatic carbocycles. The summed E-state index contributed by atoms with van der Waals surface area (Å²) in [5.74, 6) is 2.14. The number of aryl methyl sites for hydroxylation is 1. The van der Waals surface area contributed by atoms with Crippen molar-refractivity contribution in [1.29, 1.82) is 0 Å². The second-order valence-electron chi connectivity index (χ2n) is 6.67. The van der Waals surface area contributed by atoms with Crippen LogP contribution in [0.25, 0.3) is 0 Å². The average molecular weight is 474 g/mol. The van der Waals surface area contributed by atoms with Gasteiger partial charge in [-0.15, -0.1) is 34.2 Å². The topological polar surface area (TPSA) is 67.1 Å². The monoisotopic (exact) mass is 474 g/mol. The number of benzene rings is 1. The van der Waals surface area contributed by atoms with E-state index in [0.717, 1.165) is 23.8 Å². The molecule has 1 aromatic heterocycles. The van der Waals surface area contributed by atoms with Crippen molar-refractivity contribution in [1.82, 2.24) is 25.4 Å². The van der Waals surface area contributed by atoms with Crippen LogP contribution in [0.3, 0.4) is 0 Å². The maximum absolute atomic E-state index is 13.5. The van der Waals surface area contributed by atoms with Crippen molar-refractivity contribution in [3.8, 4) is 0 Å². The zero-order valence-corrected chi connectivity index (χ0v) is 18.3. The van der Waals surface area contributed by atoms with Gasteiger partial charge in [0.05, 0.1) is 0 Å². The van der Waals surface area contributed by atoms with E-state index in [-0.39, 0.29) is 35.2 Å². The lowest BCUT2D eigenvalue weighted by atomic mass is 9.84. The predicted octanol–water partition coefficient (Wildman–Crippen LogP) is 2.91. The Labute approximate surface area is 171 Å². The van der Waals surface area contributed by atoms with Crippen LogP contribution in [0.5, 0.6) is 0 Å². The Morgan fingerprint density at radius 2 is 2.00 bits per heavy atom. The highest BCUT2D eigenvalue weighted by Crippen LogP contribution is 2.22. The third-order valence-corrected chi connectivity index (χ3v) is 4.21. The Balaban J connectivity index is 0.00000338. The van der Waals surface area contributed by atoms with Crippen LogP contribution >= 0.6 is 24.0 Å². The molecule has 0 radical (unpaired) electrons. The Bertz CT molecular complexity index is 741. The first-order valence-electron chi connectivity index (χ1n) is 8.46. The molecular weight excluding hydrogens is 446 g/mol. The number of rotatable bonds is 6. The molecule has 0 atom stereocenters. The minimum Gasteiger partial charge on any atom is -0.357 e. The molecule has 144 valence electrons. The number of nitrogens with zero attached hydrogens (tertiary/aromatic N) is 4. The summed E-state index contributed by atoms with van der Waals surface area (Å²) in [6, 6.07) is 6.72. The van der Waals surface area contributed by atoms with Gasteiger partial charge in [0.2, 0.25) is 0 Å². The maximum Gasteiger partial charge on any atom is 0.191 e. The molecule has 2 rings (SSSR count). The van der Waals surface area contributed by atoms with Crippen molar-refractivity contribution in [3.05, 3.63) is 47.3 Å². The number of guanidine groups is 1. The molecule has 0 aliphatic rings. The van der Waals surface area contributed by atoms with Gasteiger partial charge in [-0.1, -0.05) is 26.0 Å². The Kier molecular flexibility index (Phi) is 8.45. The molecule has 0 spiro atoms. The van der Waals surface area contributed by atoms with Crippen molar-refractivity contribution in [2.24, 2.45) is 12.0 Å². The summed E-state index contributed by atoms with van der Waals surface area (Å²) in [4.78, 5) is 4.57. The van der Waals surface area contributed by atoms with Gasteiger partial charge in [-0.2, -0.15) is 0 Å². The quantitative estimate of drug-likeness (QED) is 0.384. The summed E-state index contributed by atoms with van der Waals surface area (Å²) in [7, 11) is 1.92. The van der Waals surface area contributed by atoms with E-state index in [1.807, 2.05) is 31.5 Å². The minimum atomic E-state index is -0.236. The number of hydrogen-bond acceptors (Lipinski definition) is 3. The van der Waals surface area contributed by atoms with E-state index in [0.29, 0.717) is 19.0 Å². The molecule has 2 N–H and O–H groups in total. The Morgan fingerprint density at radius 1 is 1.27 bits per heavy atom. The normalized spacial score (nSPS) is 11.8. The highest BCUT2D eigenvalue weighted by atomic mass is 127. The van der Waals surface area contributed by atoms with E-state index in [2.05, 4.69) is 39.7 Å². The molecule has 6 nitrogen and oxygen atoms in total. The van der Waals surface area contributed by atoms with E-state index in [4.69, 9.17) is 0 Å². The standard InChI is InChI=1S/C18H27FN6.HI/c1-6-20-17(21-11-16-24-23-13(2)25(16)5)22-12-18(3,4)14-8-7-9-15(19)10-14;/h7-10H,6,11-12H2,1-5H3,(H2,20,21,22);1H. The zero-order chi connectivity index (χ0) is 18.4. The van der Waals surface area contributed by atoms with Crippen LogP contribution in [-0.2, 0) is 19.0 Å². The third-order valence-electron chi connectivity index (χ3n) is 4.21. The first-order chi connectivity index (χ1) is 11.8. The van der Waals surface area contributed by atoms with Gasteiger partial charge in [0, 0.05) is 25.6 Å². The van der Waals surface area contributed by atoms with Crippen LogP contribution in [0.4, 0.5) is 4.39 Å². The number of halogens is 2. The smallest absolute Gasteiger partial charge is 0.191 e. The van der Waals surface area contributed by atoms with Gasteiger partial charge in [0.1, 0.15) is 18.2 Å². The molecule has 0 fully saturated rings. The van der Waals surface area contributed by atoms with Crippen molar-refractivity contribution >= 4 is 29.9 Å². The van der Waals surface area contributed by atoms with Crippen LogP contribution < -0.4 is 10.6 Å². The van der Waals surface area contributed by atoms with Crippen LogP contribution in [0, 0.1) is 12.7 Å². The Hall–Kier alpha value is -1.71. The fraction of sp³-hybridized carbons (Fsp3) is 0.500. The summed E-state index contributed by atoms with van der Waals surface area (Å²) in [6.45, 7) is 9.89. The van der Waals surface area contributed by atoms with E-state index >= 15 is 0 Å². The molecule has 26 heavy (non-hydrogen) atoms. The van der Waals surface area contributed by atoms with Gasteiger partial charge in [-0.25, -0.2) is 9.38 Å². The third kappa shape index (κ3) is 5.93. The van der Waals surface area contributed by atoms with Gasteiger partial charge in [-0.05, 0) is 31.5 Å². The van der Waals surface area contributed by atoms with E-state index in [9.17, 15) is 4.39 Å². The van der Waals surface area contributed by atoms with Crippen molar-refractivity contribution < 1.29 is 4.39 Å². The maximum atomic E-state index is 13.5. The summed E-state index contributed by atoms with van der Waals surface area (Å²) >= 11 is 0. The highest BCUT2D eigenvalue weighted by molar-refractivity contribution is 14.0. The molecule has 0 saturated carbocycles. The molecule has 0 aliphatic carbocycles. The van der Waals surface area contributed by atoms with Gasteiger partial charge < -0.3 is 15.2 Å². The predicted molar refractivity (Wildman–Crippen MR) is 113 cm³/mol. The molecule has 1 heterocycles. The highest BCUT2D eigenvalue weighted by Gasteiger charge is 2.21. The molecule has 8 heteroatoms. The fourth-order valence-electron chi connectivity index (χ4n) is 2.40. The number of aromatic nitrogens is 3. The second kappa shape index (κ2) is 9.84. The van der Waals surface area contributed by atoms with Crippen LogP contribution in [0.2, 0.25) is 0 Å². The molecular formula is C18H28FIN6. The summed E-state index contributed by atoms with van der Waals surface area (Å²) in [5, 5.41) is 14.7. The fourth-order valence-corrected chi connectivity index (χ4v) is 2.40. The number of nitrogens with one attached hydrogen (secondary N) is 2.